The van der Waals surface area contributed by atoms with E-state index in [0.29, 0.717) is 5.75 Å². The van der Waals surface area contributed by atoms with Crippen LogP contribution >= 0.6 is 0 Å². The number of benzene rings is 1. The molecule has 0 fully saturated rings. The van der Waals surface area contributed by atoms with Crippen LogP contribution in [0.25, 0.3) is 0 Å². The summed E-state index contributed by atoms with van der Waals surface area (Å²) in [6.07, 6.45) is 0. The zero-order valence-corrected chi connectivity index (χ0v) is 8.94. The molecule has 4 nitrogen and oxygen atoms in total. The lowest BCUT2D eigenvalue weighted by Crippen LogP contribution is -2.38. The Hall–Kier alpha value is -1.62. The minimum atomic E-state index is -0.415. The van der Waals surface area contributed by atoms with Crippen LogP contribution in [0.15, 0.2) is 24.3 Å². The Kier molecular flexibility index (Phi) is 4.72. The van der Waals surface area contributed by atoms with E-state index in [2.05, 4.69) is 5.32 Å². The molecule has 0 aliphatic rings. The van der Waals surface area contributed by atoms with Gasteiger partial charge in [-0.3, -0.25) is 4.79 Å². The number of rotatable bonds is 5. The number of amides is 1. The molecule has 16 heavy (non-hydrogen) atoms. The number of carbonyl (C=O) groups is 1. The second-order valence-electron chi connectivity index (χ2n) is 3.40. The topological polar surface area (TPSA) is 58.6 Å². The fourth-order valence-electron chi connectivity index (χ4n) is 1.07. The lowest BCUT2D eigenvalue weighted by atomic mass is 10.3. The molecule has 1 rings (SSSR count). The molecule has 88 valence electrons. The van der Waals surface area contributed by atoms with Crippen molar-refractivity contribution >= 4 is 5.91 Å². The Morgan fingerprint density at radius 2 is 2.38 bits per heavy atom. The van der Waals surface area contributed by atoms with Crippen LogP contribution < -0.4 is 10.1 Å². The summed E-state index contributed by atoms with van der Waals surface area (Å²) >= 11 is 0. The van der Waals surface area contributed by atoms with Gasteiger partial charge in [0.15, 0.2) is 6.61 Å². The van der Waals surface area contributed by atoms with Gasteiger partial charge in [0.25, 0.3) is 5.91 Å². The Bertz CT molecular complexity index is 357. The number of halogens is 1. The predicted molar refractivity (Wildman–Crippen MR) is 56.6 cm³/mol. The van der Waals surface area contributed by atoms with Gasteiger partial charge in [-0.25, -0.2) is 4.39 Å². The van der Waals surface area contributed by atoms with E-state index in [1.807, 2.05) is 0 Å². The van der Waals surface area contributed by atoms with Crippen molar-refractivity contribution in [2.75, 3.05) is 13.2 Å². The SMILES string of the molecule is C[C@@H](CO)NC(=O)COc1cccc(F)c1. The number of carbonyl (C=O) groups excluding carboxylic acids is 1. The van der Waals surface area contributed by atoms with Gasteiger partial charge < -0.3 is 15.2 Å². The summed E-state index contributed by atoms with van der Waals surface area (Å²) in [5.41, 5.74) is 0. The highest BCUT2D eigenvalue weighted by Crippen LogP contribution is 2.11. The largest absolute Gasteiger partial charge is 0.484 e. The summed E-state index contributed by atoms with van der Waals surface area (Å²) < 4.78 is 17.8. The van der Waals surface area contributed by atoms with Crippen molar-refractivity contribution in [2.24, 2.45) is 0 Å². The highest BCUT2D eigenvalue weighted by molar-refractivity contribution is 5.77. The van der Waals surface area contributed by atoms with Gasteiger partial charge in [-0.1, -0.05) is 6.07 Å². The Labute approximate surface area is 93.0 Å². The summed E-state index contributed by atoms with van der Waals surface area (Å²) in [5, 5.41) is 11.2. The van der Waals surface area contributed by atoms with Crippen LogP contribution in [0.5, 0.6) is 5.75 Å². The van der Waals surface area contributed by atoms with Crippen LogP contribution in [0.3, 0.4) is 0 Å². The number of hydrogen-bond acceptors (Lipinski definition) is 3. The number of aliphatic hydroxyl groups excluding tert-OH is 1. The molecule has 0 spiro atoms. The molecule has 0 bridgehead atoms. The third-order valence-corrected chi connectivity index (χ3v) is 1.85. The van der Waals surface area contributed by atoms with E-state index in [-0.39, 0.29) is 25.2 Å². The highest BCUT2D eigenvalue weighted by atomic mass is 19.1. The molecule has 0 aliphatic heterocycles. The number of hydrogen-bond donors (Lipinski definition) is 2. The zero-order chi connectivity index (χ0) is 12.0. The number of nitrogens with one attached hydrogen (secondary N) is 1. The second-order valence-corrected chi connectivity index (χ2v) is 3.40. The van der Waals surface area contributed by atoms with E-state index in [9.17, 15) is 9.18 Å². The summed E-state index contributed by atoms with van der Waals surface area (Å²) in [6.45, 7) is 1.33. The molecule has 1 atom stereocenters. The summed E-state index contributed by atoms with van der Waals surface area (Å²) in [5.74, 6) is -0.473. The van der Waals surface area contributed by atoms with Gasteiger partial charge >= 0.3 is 0 Å². The maximum atomic E-state index is 12.7. The highest BCUT2D eigenvalue weighted by Gasteiger charge is 2.06. The van der Waals surface area contributed by atoms with Gasteiger partial charge in [0, 0.05) is 12.1 Å². The molecule has 1 aromatic carbocycles. The molecule has 1 aromatic rings. The Morgan fingerprint density at radius 3 is 3.00 bits per heavy atom. The minimum Gasteiger partial charge on any atom is -0.484 e. The molecule has 0 saturated heterocycles. The van der Waals surface area contributed by atoms with Crippen LogP contribution in [0, 0.1) is 5.82 Å². The third-order valence-electron chi connectivity index (χ3n) is 1.85. The first-order valence-electron chi connectivity index (χ1n) is 4.90. The second kappa shape index (κ2) is 6.07. The quantitative estimate of drug-likeness (QED) is 0.778. The first kappa shape index (κ1) is 12.4. The fraction of sp³-hybridized carbons (Fsp3) is 0.364. The van der Waals surface area contributed by atoms with Gasteiger partial charge in [-0.2, -0.15) is 0 Å². The van der Waals surface area contributed by atoms with Crippen molar-refractivity contribution in [3.05, 3.63) is 30.1 Å². The average molecular weight is 227 g/mol. The standard InChI is InChI=1S/C11H14FNO3/c1-8(6-14)13-11(15)7-16-10-4-2-3-9(12)5-10/h2-5,8,14H,6-7H2,1H3,(H,13,15)/t8-/m0/s1. The van der Waals surface area contributed by atoms with Crippen molar-refractivity contribution in [3.63, 3.8) is 0 Å². The third kappa shape index (κ3) is 4.27. The van der Waals surface area contributed by atoms with Gasteiger partial charge in [-0.15, -0.1) is 0 Å². The molecule has 5 heteroatoms. The van der Waals surface area contributed by atoms with Gasteiger partial charge in [0.1, 0.15) is 11.6 Å². The van der Waals surface area contributed by atoms with Gasteiger partial charge in [-0.05, 0) is 19.1 Å². The molecule has 0 aromatic heterocycles. The van der Waals surface area contributed by atoms with Crippen LogP contribution in [0.1, 0.15) is 6.92 Å². The van der Waals surface area contributed by atoms with Crippen LogP contribution in [0.2, 0.25) is 0 Å². The predicted octanol–water partition coefficient (Wildman–Crippen LogP) is 0.701. The Morgan fingerprint density at radius 1 is 1.62 bits per heavy atom. The lowest BCUT2D eigenvalue weighted by Gasteiger charge is -2.11. The van der Waals surface area contributed by atoms with E-state index in [0.717, 1.165) is 0 Å². The van der Waals surface area contributed by atoms with Crippen molar-refractivity contribution in [1.82, 2.24) is 5.32 Å². The van der Waals surface area contributed by atoms with E-state index in [1.165, 1.54) is 18.2 Å². The molecule has 0 unspecified atom stereocenters. The summed E-state index contributed by atoms with van der Waals surface area (Å²) in [6, 6.07) is 5.23. The fourth-order valence-corrected chi connectivity index (χ4v) is 1.07. The normalized spacial score (nSPS) is 11.9. The lowest BCUT2D eigenvalue weighted by molar-refractivity contribution is -0.124. The smallest absolute Gasteiger partial charge is 0.258 e. The molecule has 0 heterocycles. The first-order chi connectivity index (χ1) is 7.61. The first-order valence-corrected chi connectivity index (χ1v) is 4.90. The van der Waals surface area contributed by atoms with Crippen molar-refractivity contribution in [3.8, 4) is 5.75 Å². The van der Waals surface area contributed by atoms with Crippen LogP contribution in [-0.2, 0) is 4.79 Å². The molecule has 0 radical (unpaired) electrons. The van der Waals surface area contributed by atoms with Crippen molar-refractivity contribution in [2.45, 2.75) is 13.0 Å². The average Bonchev–Trinajstić information content (AvgIpc) is 2.26. The van der Waals surface area contributed by atoms with E-state index >= 15 is 0 Å². The molecule has 1 amide bonds. The number of aliphatic hydroxyl groups is 1. The van der Waals surface area contributed by atoms with Crippen LogP contribution in [0.4, 0.5) is 4.39 Å². The van der Waals surface area contributed by atoms with Gasteiger partial charge in [0.2, 0.25) is 0 Å². The molecular formula is C11H14FNO3. The molecule has 0 saturated carbocycles. The maximum Gasteiger partial charge on any atom is 0.258 e. The van der Waals surface area contributed by atoms with E-state index in [4.69, 9.17) is 9.84 Å². The van der Waals surface area contributed by atoms with Crippen LogP contribution in [-0.4, -0.2) is 30.3 Å². The molecule has 0 aliphatic carbocycles. The van der Waals surface area contributed by atoms with E-state index in [1.54, 1.807) is 13.0 Å². The van der Waals surface area contributed by atoms with Crippen molar-refractivity contribution < 1.29 is 19.0 Å². The minimum absolute atomic E-state index is 0.133. The summed E-state index contributed by atoms with van der Waals surface area (Å²) in [4.78, 5) is 11.2. The van der Waals surface area contributed by atoms with E-state index < -0.39 is 5.82 Å². The summed E-state index contributed by atoms with van der Waals surface area (Å²) in [7, 11) is 0. The maximum absolute atomic E-state index is 12.7. The zero-order valence-electron chi connectivity index (χ0n) is 8.94. The monoisotopic (exact) mass is 227 g/mol. The molecule has 2 N–H and O–H groups in total. The number of ether oxygens (including phenoxy) is 1. The van der Waals surface area contributed by atoms with Gasteiger partial charge in [0.05, 0.1) is 6.61 Å². The Balaban J connectivity index is 2.37. The molecular weight excluding hydrogens is 213 g/mol. The van der Waals surface area contributed by atoms with Crippen molar-refractivity contribution in [1.29, 1.82) is 0 Å².